The first kappa shape index (κ1) is 18.5. The van der Waals surface area contributed by atoms with Crippen LogP contribution in [0.15, 0.2) is 48.5 Å². The second kappa shape index (κ2) is 7.92. The summed E-state index contributed by atoms with van der Waals surface area (Å²) < 4.78 is 0. The van der Waals surface area contributed by atoms with Crippen LogP contribution in [0.2, 0.25) is 0 Å². The molecule has 0 radical (unpaired) electrons. The van der Waals surface area contributed by atoms with Crippen molar-refractivity contribution >= 4 is 5.91 Å². The number of phenolic OH excluding ortho intramolecular Hbond substituents is 1. The second-order valence-electron chi connectivity index (χ2n) is 7.27. The molecule has 0 bridgehead atoms. The zero-order valence-electron chi connectivity index (χ0n) is 15.9. The number of rotatable bonds is 4. The number of hydrogen-bond acceptors (Lipinski definition) is 3. The van der Waals surface area contributed by atoms with Crippen molar-refractivity contribution in [3.8, 4) is 16.9 Å². The van der Waals surface area contributed by atoms with Crippen LogP contribution in [-0.2, 0) is 0 Å². The van der Waals surface area contributed by atoms with Crippen molar-refractivity contribution in [1.29, 1.82) is 0 Å². The van der Waals surface area contributed by atoms with E-state index < -0.39 is 0 Å². The van der Waals surface area contributed by atoms with Gasteiger partial charge in [0.15, 0.2) is 0 Å². The Labute approximate surface area is 156 Å². The molecule has 4 heteroatoms. The predicted octanol–water partition coefficient (Wildman–Crippen LogP) is 4.00. The number of aromatic hydroxyl groups is 1. The van der Waals surface area contributed by atoms with Gasteiger partial charge in [-0.15, -0.1) is 0 Å². The minimum absolute atomic E-state index is 0.115. The Bertz CT molecular complexity index is 738. The van der Waals surface area contributed by atoms with Crippen LogP contribution >= 0.6 is 0 Å². The maximum atomic E-state index is 12.9. The summed E-state index contributed by atoms with van der Waals surface area (Å²) in [5.41, 5.74) is 2.80. The van der Waals surface area contributed by atoms with Gasteiger partial charge in [-0.1, -0.05) is 31.2 Å². The number of hydrogen-bond donors (Lipinski definition) is 1. The SMILES string of the molecule is CC[C@@H]1CN(C(=O)c2ccc(-c3ccc(O)cc3)cc2)CCN1C(C)C. The van der Waals surface area contributed by atoms with Gasteiger partial charge in [0.2, 0.25) is 0 Å². The highest BCUT2D eigenvalue weighted by molar-refractivity contribution is 5.94. The molecule has 2 aromatic rings. The monoisotopic (exact) mass is 352 g/mol. The first-order valence-electron chi connectivity index (χ1n) is 9.44. The number of amides is 1. The van der Waals surface area contributed by atoms with Crippen molar-refractivity contribution in [2.75, 3.05) is 19.6 Å². The zero-order valence-corrected chi connectivity index (χ0v) is 15.9. The maximum absolute atomic E-state index is 12.9. The number of nitrogens with zero attached hydrogens (tertiary/aromatic N) is 2. The molecule has 2 aromatic carbocycles. The third-order valence-electron chi connectivity index (χ3n) is 5.28. The molecule has 26 heavy (non-hydrogen) atoms. The summed E-state index contributed by atoms with van der Waals surface area (Å²) in [4.78, 5) is 17.4. The summed E-state index contributed by atoms with van der Waals surface area (Å²) in [5.74, 6) is 0.371. The van der Waals surface area contributed by atoms with Gasteiger partial charge < -0.3 is 10.0 Å². The third kappa shape index (κ3) is 3.91. The lowest BCUT2D eigenvalue weighted by Crippen LogP contribution is -2.56. The van der Waals surface area contributed by atoms with E-state index in [0.717, 1.165) is 42.7 Å². The maximum Gasteiger partial charge on any atom is 0.253 e. The summed E-state index contributed by atoms with van der Waals surface area (Å²) in [6, 6.07) is 15.8. The van der Waals surface area contributed by atoms with E-state index in [-0.39, 0.29) is 11.7 Å². The van der Waals surface area contributed by atoms with Crippen LogP contribution < -0.4 is 0 Å². The van der Waals surface area contributed by atoms with Gasteiger partial charge in [-0.05, 0) is 55.7 Å². The molecule has 0 aliphatic carbocycles. The van der Waals surface area contributed by atoms with Gasteiger partial charge in [0, 0.05) is 37.3 Å². The highest BCUT2D eigenvalue weighted by Gasteiger charge is 2.30. The lowest BCUT2D eigenvalue weighted by atomic mass is 10.0. The number of piperazine rings is 1. The predicted molar refractivity (Wildman–Crippen MR) is 105 cm³/mol. The molecule has 0 saturated carbocycles. The first-order chi connectivity index (χ1) is 12.5. The molecule has 1 atom stereocenters. The van der Waals surface area contributed by atoms with Crippen LogP contribution in [0.5, 0.6) is 5.75 Å². The van der Waals surface area contributed by atoms with E-state index in [1.165, 1.54) is 0 Å². The van der Waals surface area contributed by atoms with Crippen molar-refractivity contribution in [1.82, 2.24) is 9.80 Å². The molecule has 0 aromatic heterocycles. The van der Waals surface area contributed by atoms with Gasteiger partial charge in [-0.25, -0.2) is 0 Å². The van der Waals surface area contributed by atoms with Crippen molar-refractivity contribution in [3.05, 3.63) is 54.1 Å². The average molecular weight is 352 g/mol. The Morgan fingerprint density at radius 2 is 1.62 bits per heavy atom. The molecule has 138 valence electrons. The Hall–Kier alpha value is -2.33. The zero-order chi connectivity index (χ0) is 18.7. The molecule has 1 N–H and O–H groups in total. The molecular weight excluding hydrogens is 324 g/mol. The molecule has 4 nitrogen and oxygen atoms in total. The van der Waals surface area contributed by atoms with Gasteiger partial charge >= 0.3 is 0 Å². The topological polar surface area (TPSA) is 43.8 Å². The van der Waals surface area contributed by atoms with Crippen LogP contribution in [0.3, 0.4) is 0 Å². The van der Waals surface area contributed by atoms with Gasteiger partial charge in [0.1, 0.15) is 5.75 Å². The van der Waals surface area contributed by atoms with Crippen LogP contribution in [0.4, 0.5) is 0 Å². The number of phenols is 1. The molecule has 1 amide bonds. The summed E-state index contributed by atoms with van der Waals surface area (Å²) in [6.07, 6.45) is 1.06. The molecular formula is C22H28N2O2. The average Bonchev–Trinajstić information content (AvgIpc) is 2.67. The van der Waals surface area contributed by atoms with E-state index in [0.29, 0.717) is 12.1 Å². The molecule has 1 saturated heterocycles. The number of carbonyl (C=O) groups is 1. The fraction of sp³-hybridized carbons (Fsp3) is 0.409. The third-order valence-corrected chi connectivity index (χ3v) is 5.28. The van der Waals surface area contributed by atoms with E-state index in [1.807, 2.05) is 41.3 Å². The van der Waals surface area contributed by atoms with E-state index in [2.05, 4.69) is 25.7 Å². The van der Waals surface area contributed by atoms with Crippen molar-refractivity contribution in [2.45, 2.75) is 39.3 Å². The normalized spacial score (nSPS) is 18.3. The molecule has 1 aliphatic heterocycles. The molecule has 0 spiro atoms. The van der Waals surface area contributed by atoms with E-state index in [1.54, 1.807) is 12.1 Å². The van der Waals surface area contributed by atoms with Gasteiger partial charge in [0.05, 0.1) is 0 Å². The Kier molecular flexibility index (Phi) is 5.62. The second-order valence-corrected chi connectivity index (χ2v) is 7.27. The summed E-state index contributed by atoms with van der Waals surface area (Å²) >= 11 is 0. The van der Waals surface area contributed by atoms with Crippen molar-refractivity contribution < 1.29 is 9.90 Å². The van der Waals surface area contributed by atoms with Crippen LogP contribution in [0.1, 0.15) is 37.6 Å². The highest BCUT2D eigenvalue weighted by atomic mass is 16.3. The molecule has 3 rings (SSSR count). The highest BCUT2D eigenvalue weighted by Crippen LogP contribution is 2.23. The fourth-order valence-electron chi connectivity index (χ4n) is 3.74. The minimum Gasteiger partial charge on any atom is -0.508 e. The molecule has 1 fully saturated rings. The van der Waals surface area contributed by atoms with Crippen molar-refractivity contribution in [3.63, 3.8) is 0 Å². The molecule has 0 unspecified atom stereocenters. The fourth-order valence-corrected chi connectivity index (χ4v) is 3.74. The van der Waals surface area contributed by atoms with Crippen LogP contribution in [0.25, 0.3) is 11.1 Å². The number of carbonyl (C=O) groups excluding carboxylic acids is 1. The quantitative estimate of drug-likeness (QED) is 0.904. The number of benzene rings is 2. The van der Waals surface area contributed by atoms with Crippen molar-refractivity contribution in [2.24, 2.45) is 0 Å². The van der Waals surface area contributed by atoms with Gasteiger partial charge in [0.25, 0.3) is 5.91 Å². The Morgan fingerprint density at radius 3 is 2.15 bits per heavy atom. The lowest BCUT2D eigenvalue weighted by Gasteiger charge is -2.43. The lowest BCUT2D eigenvalue weighted by molar-refractivity contribution is 0.0371. The Morgan fingerprint density at radius 1 is 1.04 bits per heavy atom. The first-order valence-corrected chi connectivity index (χ1v) is 9.44. The smallest absolute Gasteiger partial charge is 0.253 e. The van der Waals surface area contributed by atoms with Gasteiger partial charge in [-0.3, -0.25) is 9.69 Å². The summed E-state index contributed by atoms with van der Waals surface area (Å²) in [5, 5.41) is 9.41. The van der Waals surface area contributed by atoms with E-state index >= 15 is 0 Å². The largest absolute Gasteiger partial charge is 0.508 e. The van der Waals surface area contributed by atoms with E-state index in [9.17, 15) is 9.90 Å². The van der Waals surface area contributed by atoms with E-state index in [4.69, 9.17) is 0 Å². The standard InChI is InChI=1S/C22H28N2O2/c1-4-20-15-23(13-14-24(20)16(2)3)22(26)19-7-5-17(6-8-19)18-9-11-21(25)12-10-18/h5-12,16,20,25H,4,13-15H2,1-3H3/t20-/m1/s1. The van der Waals surface area contributed by atoms with Crippen LogP contribution in [0, 0.1) is 0 Å². The van der Waals surface area contributed by atoms with Crippen LogP contribution in [-0.4, -0.2) is 52.5 Å². The molecule has 1 heterocycles. The molecule has 1 aliphatic rings. The Balaban J connectivity index is 1.71. The summed E-state index contributed by atoms with van der Waals surface area (Å²) in [6.45, 7) is 9.17. The minimum atomic E-state index is 0.115. The van der Waals surface area contributed by atoms with Gasteiger partial charge in [-0.2, -0.15) is 0 Å². The summed E-state index contributed by atoms with van der Waals surface area (Å²) in [7, 11) is 0.